The lowest BCUT2D eigenvalue weighted by molar-refractivity contribution is 0.0452. The van der Waals surface area contributed by atoms with Gasteiger partial charge in [-0.1, -0.05) is 4.90 Å². The summed E-state index contributed by atoms with van der Waals surface area (Å²) in [5, 5.41) is 0. The van der Waals surface area contributed by atoms with Crippen molar-refractivity contribution in [1.82, 2.24) is 4.90 Å². The van der Waals surface area contributed by atoms with Crippen LogP contribution in [0.1, 0.15) is 20.8 Å². The highest BCUT2D eigenvalue weighted by Crippen LogP contribution is 2.07. The number of nitrogens with zero attached hydrogens (tertiary/aromatic N) is 1. The van der Waals surface area contributed by atoms with Crippen LogP contribution in [0, 0.1) is 0 Å². The first-order chi connectivity index (χ1) is 4.33. The second-order valence-corrected chi connectivity index (χ2v) is 3.37. The van der Waals surface area contributed by atoms with Gasteiger partial charge in [0.2, 0.25) is 0 Å². The van der Waals surface area contributed by atoms with E-state index in [1.54, 1.807) is 14.1 Å². The molecule has 0 aliphatic rings. The Balaban J connectivity index is 3.81. The zero-order valence-electron chi connectivity index (χ0n) is 7.26. The summed E-state index contributed by atoms with van der Waals surface area (Å²) in [5.74, 6) is 0. The first-order valence-electron chi connectivity index (χ1n) is 3.23. The Morgan fingerprint density at radius 3 is 1.80 bits per heavy atom. The Hall–Kier alpha value is -0.570. The normalized spacial score (nSPS) is 11.8. The average molecular weight is 145 g/mol. The van der Waals surface area contributed by atoms with E-state index in [0.717, 1.165) is 0 Å². The highest BCUT2D eigenvalue weighted by atomic mass is 16.6. The van der Waals surface area contributed by atoms with Crippen molar-refractivity contribution in [2.24, 2.45) is 0 Å². The van der Waals surface area contributed by atoms with Crippen LogP contribution in [-0.2, 0) is 4.74 Å². The molecule has 10 heavy (non-hydrogen) atoms. The van der Waals surface area contributed by atoms with Crippen molar-refractivity contribution in [2.75, 3.05) is 14.1 Å². The van der Waals surface area contributed by atoms with E-state index in [0.29, 0.717) is 0 Å². The van der Waals surface area contributed by atoms with E-state index in [1.807, 2.05) is 20.8 Å². The van der Waals surface area contributed by atoms with Gasteiger partial charge in [-0.15, -0.1) is 0 Å². The molecule has 0 fully saturated rings. The molecule has 0 aromatic heterocycles. The molecule has 0 aromatic carbocycles. The molecule has 0 bridgehead atoms. The fraction of sp³-hybridized carbons (Fsp3) is 0.857. The van der Waals surface area contributed by atoms with E-state index < -0.39 is 0 Å². The highest BCUT2D eigenvalue weighted by Gasteiger charge is 2.24. The maximum absolute atomic E-state index is 10.9. The van der Waals surface area contributed by atoms with Gasteiger partial charge in [0.25, 0.3) is 0 Å². The van der Waals surface area contributed by atoms with Crippen LogP contribution in [0.15, 0.2) is 0 Å². The van der Waals surface area contributed by atoms with Crippen molar-refractivity contribution in [3.8, 4) is 0 Å². The van der Waals surface area contributed by atoms with Gasteiger partial charge >= 0.3 is 6.09 Å². The SMILES string of the molecule is C[N+](C)C(=O)OC(C)(C)C. The molecule has 1 radical (unpaired) electrons. The lowest BCUT2D eigenvalue weighted by atomic mass is 10.2. The standard InChI is InChI=1S/C7H15NO2/c1-7(2,3)10-6(9)8(4)5/h1-5H3/q+1. The molecule has 0 aliphatic carbocycles. The lowest BCUT2D eigenvalue weighted by Gasteiger charge is -2.16. The third-order valence-corrected chi connectivity index (χ3v) is 0.759. The first kappa shape index (κ1) is 9.43. The summed E-state index contributed by atoms with van der Waals surface area (Å²) in [6.07, 6.45) is -0.299. The summed E-state index contributed by atoms with van der Waals surface area (Å²) in [6.45, 7) is 5.52. The van der Waals surface area contributed by atoms with Crippen LogP contribution in [0.5, 0.6) is 0 Å². The van der Waals surface area contributed by atoms with E-state index in [1.165, 1.54) is 4.90 Å². The molecule has 1 amide bonds. The minimum absolute atomic E-state index is 0.299. The molecule has 0 saturated heterocycles. The molecule has 59 valence electrons. The van der Waals surface area contributed by atoms with Gasteiger partial charge in [0, 0.05) is 0 Å². The third kappa shape index (κ3) is 4.32. The maximum atomic E-state index is 10.9. The van der Waals surface area contributed by atoms with Gasteiger partial charge in [-0.2, -0.15) is 4.79 Å². The van der Waals surface area contributed by atoms with E-state index in [2.05, 4.69) is 0 Å². The highest BCUT2D eigenvalue weighted by molar-refractivity contribution is 5.69. The summed E-state index contributed by atoms with van der Waals surface area (Å²) in [4.78, 5) is 12.3. The predicted molar refractivity (Wildman–Crippen MR) is 40.2 cm³/mol. The van der Waals surface area contributed by atoms with Gasteiger partial charge in [-0.05, 0) is 20.8 Å². The third-order valence-electron chi connectivity index (χ3n) is 0.759. The van der Waals surface area contributed by atoms with Gasteiger partial charge in [-0.3, -0.25) is 0 Å². The van der Waals surface area contributed by atoms with Crippen LogP contribution in [0.4, 0.5) is 4.79 Å². The number of carbonyl (C=O) groups excluding carboxylic acids is 1. The van der Waals surface area contributed by atoms with Crippen molar-refractivity contribution in [2.45, 2.75) is 26.4 Å². The fourth-order valence-corrected chi connectivity index (χ4v) is 0.353. The second kappa shape index (κ2) is 3.01. The quantitative estimate of drug-likeness (QED) is 0.481. The Labute approximate surface area is 62.0 Å². The Kier molecular flexibility index (Phi) is 2.84. The number of amides is 1. The van der Waals surface area contributed by atoms with Crippen molar-refractivity contribution >= 4 is 6.09 Å². The fourth-order valence-electron chi connectivity index (χ4n) is 0.353. The van der Waals surface area contributed by atoms with Gasteiger partial charge in [0.15, 0.2) is 0 Å². The zero-order valence-corrected chi connectivity index (χ0v) is 7.26. The molecule has 0 saturated carbocycles. The summed E-state index contributed by atoms with van der Waals surface area (Å²) in [6, 6.07) is 0. The molecule has 0 atom stereocenters. The summed E-state index contributed by atoms with van der Waals surface area (Å²) < 4.78 is 4.99. The van der Waals surface area contributed by atoms with Gasteiger partial charge < -0.3 is 4.74 Å². The minimum atomic E-state index is -0.388. The number of rotatable bonds is 0. The van der Waals surface area contributed by atoms with Crippen molar-refractivity contribution in [3.05, 3.63) is 0 Å². The summed E-state index contributed by atoms with van der Waals surface area (Å²) in [5.41, 5.74) is -0.388. The molecular weight excluding hydrogens is 130 g/mol. The molecular formula is C7H15NO2+. The molecule has 0 unspecified atom stereocenters. The van der Waals surface area contributed by atoms with Crippen LogP contribution >= 0.6 is 0 Å². The number of hydrogen-bond donors (Lipinski definition) is 0. The van der Waals surface area contributed by atoms with E-state index in [-0.39, 0.29) is 11.7 Å². The molecule has 3 nitrogen and oxygen atoms in total. The predicted octanol–water partition coefficient (Wildman–Crippen LogP) is 1.32. The summed E-state index contributed by atoms with van der Waals surface area (Å²) >= 11 is 0. The van der Waals surface area contributed by atoms with Crippen LogP contribution in [0.25, 0.3) is 0 Å². The molecule has 3 heteroatoms. The van der Waals surface area contributed by atoms with Crippen LogP contribution in [0.2, 0.25) is 0 Å². The van der Waals surface area contributed by atoms with E-state index in [4.69, 9.17) is 4.74 Å². The van der Waals surface area contributed by atoms with Crippen molar-refractivity contribution in [3.63, 3.8) is 0 Å². The number of carbonyl (C=O) groups is 1. The molecule has 0 rings (SSSR count). The molecule has 0 aliphatic heterocycles. The molecule has 0 aromatic rings. The van der Waals surface area contributed by atoms with Gasteiger partial charge in [0.05, 0.1) is 0 Å². The topological polar surface area (TPSA) is 32.2 Å². The van der Waals surface area contributed by atoms with E-state index in [9.17, 15) is 4.79 Å². The van der Waals surface area contributed by atoms with Crippen molar-refractivity contribution < 1.29 is 9.53 Å². The second-order valence-electron chi connectivity index (χ2n) is 3.37. The summed E-state index contributed by atoms with van der Waals surface area (Å²) in [7, 11) is 3.32. The van der Waals surface area contributed by atoms with Crippen molar-refractivity contribution in [1.29, 1.82) is 0 Å². The number of hydrogen-bond acceptors (Lipinski definition) is 2. The molecule has 0 heterocycles. The number of ether oxygens (including phenoxy) is 1. The molecule has 0 N–H and O–H groups in total. The van der Waals surface area contributed by atoms with Gasteiger partial charge in [-0.25, -0.2) is 0 Å². The van der Waals surface area contributed by atoms with Crippen LogP contribution in [-0.4, -0.2) is 25.8 Å². The lowest BCUT2D eigenvalue weighted by Crippen LogP contribution is -2.35. The average Bonchev–Trinajstić information content (AvgIpc) is 1.60. The Morgan fingerprint density at radius 1 is 1.30 bits per heavy atom. The largest absolute Gasteiger partial charge is 0.566 e. The zero-order chi connectivity index (χ0) is 8.36. The van der Waals surface area contributed by atoms with Gasteiger partial charge in [0.1, 0.15) is 19.7 Å². The van der Waals surface area contributed by atoms with Crippen LogP contribution in [0.3, 0.4) is 0 Å². The molecule has 0 spiro atoms. The Morgan fingerprint density at radius 2 is 1.70 bits per heavy atom. The monoisotopic (exact) mass is 145 g/mol. The minimum Gasteiger partial charge on any atom is -0.411 e. The van der Waals surface area contributed by atoms with Crippen LogP contribution < -0.4 is 4.90 Å². The maximum Gasteiger partial charge on any atom is 0.566 e. The Bertz CT molecular complexity index is 124. The van der Waals surface area contributed by atoms with E-state index >= 15 is 0 Å². The smallest absolute Gasteiger partial charge is 0.411 e. The first-order valence-corrected chi connectivity index (χ1v) is 3.23.